The minimum atomic E-state index is -2.64. The van der Waals surface area contributed by atoms with Crippen molar-refractivity contribution in [3.63, 3.8) is 0 Å². The monoisotopic (exact) mass is 240 g/mol. The van der Waals surface area contributed by atoms with Crippen molar-refractivity contribution in [1.29, 1.82) is 0 Å². The molecule has 0 atom stereocenters. The van der Waals surface area contributed by atoms with Crippen LogP contribution in [0.5, 0.6) is 0 Å². The van der Waals surface area contributed by atoms with E-state index in [2.05, 4.69) is 9.72 Å². The van der Waals surface area contributed by atoms with Crippen LogP contribution in [0.1, 0.15) is 22.6 Å². The Kier molecular flexibility index (Phi) is 2.79. The Morgan fingerprint density at radius 1 is 1.47 bits per heavy atom. The van der Waals surface area contributed by atoms with Gasteiger partial charge in [-0.3, -0.25) is 0 Å². The average Bonchev–Trinajstić information content (AvgIpc) is 2.65. The minimum Gasteiger partial charge on any atom is -0.465 e. The number of carbonyl (C=O) groups is 1. The van der Waals surface area contributed by atoms with Gasteiger partial charge >= 0.3 is 5.97 Å². The maximum Gasteiger partial charge on any atom is 0.337 e. The first-order valence-corrected chi connectivity index (χ1v) is 4.87. The van der Waals surface area contributed by atoms with Gasteiger partial charge in [-0.2, -0.15) is 0 Å². The first-order valence-electron chi connectivity index (χ1n) is 4.87. The van der Waals surface area contributed by atoms with E-state index < -0.39 is 12.4 Å². The Morgan fingerprint density at radius 3 is 2.76 bits per heavy atom. The lowest BCUT2D eigenvalue weighted by atomic mass is 10.2. The summed E-state index contributed by atoms with van der Waals surface area (Å²) in [5.41, 5.74) is 1.21. The van der Waals surface area contributed by atoms with Crippen molar-refractivity contribution in [3.8, 4) is 0 Å². The van der Waals surface area contributed by atoms with E-state index in [0.717, 1.165) is 0 Å². The molecular formula is C11H10F2N2O2. The highest BCUT2D eigenvalue weighted by Gasteiger charge is 2.17. The zero-order valence-electron chi connectivity index (χ0n) is 9.28. The molecule has 1 heterocycles. The topological polar surface area (TPSA) is 44.1 Å². The van der Waals surface area contributed by atoms with Crippen LogP contribution in [0.4, 0.5) is 8.78 Å². The van der Waals surface area contributed by atoms with E-state index >= 15 is 0 Å². The van der Waals surface area contributed by atoms with E-state index in [-0.39, 0.29) is 5.82 Å². The van der Waals surface area contributed by atoms with E-state index in [1.54, 1.807) is 0 Å². The van der Waals surface area contributed by atoms with Crippen molar-refractivity contribution in [2.24, 2.45) is 7.05 Å². The number of imidazole rings is 1. The summed E-state index contributed by atoms with van der Waals surface area (Å²) >= 11 is 0. The second-order valence-corrected chi connectivity index (χ2v) is 3.52. The van der Waals surface area contributed by atoms with Gasteiger partial charge < -0.3 is 9.30 Å². The van der Waals surface area contributed by atoms with Crippen molar-refractivity contribution in [3.05, 3.63) is 29.6 Å². The van der Waals surface area contributed by atoms with Gasteiger partial charge in [0, 0.05) is 7.05 Å². The smallest absolute Gasteiger partial charge is 0.337 e. The number of fused-ring (bicyclic) bond motifs is 1. The molecule has 0 N–H and O–H groups in total. The Labute approximate surface area is 95.8 Å². The molecule has 0 saturated carbocycles. The molecule has 1 aromatic heterocycles. The number of methoxy groups -OCH3 is 1. The van der Waals surface area contributed by atoms with Gasteiger partial charge in [0.15, 0.2) is 5.82 Å². The SMILES string of the molecule is COC(=O)c1ccc2nc(C(F)F)n(C)c2c1. The average molecular weight is 240 g/mol. The van der Waals surface area contributed by atoms with Crippen LogP contribution in [0.3, 0.4) is 0 Å². The number of halogens is 2. The van der Waals surface area contributed by atoms with Crippen molar-refractivity contribution in [1.82, 2.24) is 9.55 Å². The zero-order valence-corrected chi connectivity index (χ0v) is 9.28. The molecule has 2 aromatic rings. The summed E-state index contributed by atoms with van der Waals surface area (Å²) in [6.45, 7) is 0. The zero-order chi connectivity index (χ0) is 12.6. The van der Waals surface area contributed by atoms with E-state index in [1.807, 2.05) is 0 Å². The first kappa shape index (κ1) is 11.5. The molecule has 0 spiro atoms. The second-order valence-electron chi connectivity index (χ2n) is 3.52. The third kappa shape index (κ3) is 1.86. The second kappa shape index (κ2) is 4.12. The van der Waals surface area contributed by atoms with Crippen LogP contribution in [0.2, 0.25) is 0 Å². The lowest BCUT2D eigenvalue weighted by molar-refractivity contribution is 0.0601. The number of carbonyl (C=O) groups excluding carboxylic acids is 1. The molecule has 0 aliphatic carbocycles. The summed E-state index contributed by atoms with van der Waals surface area (Å²) in [7, 11) is 2.75. The number of nitrogens with zero attached hydrogens (tertiary/aromatic N) is 2. The van der Waals surface area contributed by atoms with Gasteiger partial charge in [-0.05, 0) is 18.2 Å². The molecule has 90 valence electrons. The van der Waals surface area contributed by atoms with Crippen LogP contribution in [-0.4, -0.2) is 22.6 Å². The predicted molar refractivity (Wildman–Crippen MR) is 57.0 cm³/mol. The van der Waals surface area contributed by atoms with Crippen molar-refractivity contribution in [2.75, 3.05) is 7.11 Å². The predicted octanol–water partition coefficient (Wildman–Crippen LogP) is 2.30. The highest BCUT2D eigenvalue weighted by Crippen LogP contribution is 2.23. The molecule has 1 aromatic carbocycles. The number of hydrogen-bond donors (Lipinski definition) is 0. The van der Waals surface area contributed by atoms with Crippen molar-refractivity contribution < 1.29 is 18.3 Å². The molecule has 0 fully saturated rings. The van der Waals surface area contributed by atoms with Crippen LogP contribution in [-0.2, 0) is 11.8 Å². The summed E-state index contributed by atoms with van der Waals surface area (Å²) in [5.74, 6) is -0.825. The number of alkyl halides is 2. The normalized spacial score (nSPS) is 11.1. The lowest BCUT2D eigenvalue weighted by Gasteiger charge is -2.01. The summed E-state index contributed by atoms with van der Waals surface area (Å²) in [5, 5.41) is 0. The van der Waals surface area contributed by atoms with Gasteiger partial charge in [-0.1, -0.05) is 0 Å². The molecule has 17 heavy (non-hydrogen) atoms. The van der Waals surface area contributed by atoms with E-state index in [4.69, 9.17) is 0 Å². The molecule has 0 aliphatic rings. The van der Waals surface area contributed by atoms with E-state index in [1.165, 1.54) is 36.9 Å². The fourth-order valence-electron chi connectivity index (χ4n) is 1.65. The molecule has 0 radical (unpaired) electrons. The number of rotatable bonds is 2. The number of hydrogen-bond acceptors (Lipinski definition) is 3. The molecule has 0 unspecified atom stereocenters. The van der Waals surface area contributed by atoms with Crippen molar-refractivity contribution in [2.45, 2.75) is 6.43 Å². The third-order valence-electron chi connectivity index (χ3n) is 2.53. The molecule has 2 rings (SSSR count). The fraction of sp³-hybridized carbons (Fsp3) is 0.273. The Bertz CT molecular complexity index is 578. The first-order chi connectivity index (χ1) is 8.04. The molecular weight excluding hydrogens is 230 g/mol. The largest absolute Gasteiger partial charge is 0.465 e. The number of aromatic nitrogens is 2. The molecule has 0 aliphatic heterocycles. The highest BCUT2D eigenvalue weighted by molar-refractivity contribution is 5.93. The maximum absolute atomic E-state index is 12.6. The Morgan fingerprint density at radius 2 is 2.18 bits per heavy atom. The van der Waals surface area contributed by atoms with Crippen LogP contribution in [0.25, 0.3) is 11.0 Å². The van der Waals surface area contributed by atoms with Gasteiger partial charge in [0.05, 0.1) is 23.7 Å². The maximum atomic E-state index is 12.6. The summed E-state index contributed by atoms with van der Waals surface area (Å²) in [6.07, 6.45) is -2.64. The molecule has 0 amide bonds. The van der Waals surface area contributed by atoms with Gasteiger partial charge in [0.2, 0.25) is 0 Å². The minimum absolute atomic E-state index is 0.309. The third-order valence-corrected chi connectivity index (χ3v) is 2.53. The van der Waals surface area contributed by atoms with E-state index in [0.29, 0.717) is 16.6 Å². The highest BCUT2D eigenvalue weighted by atomic mass is 19.3. The Hall–Kier alpha value is -1.98. The summed E-state index contributed by atoms with van der Waals surface area (Å²) in [6, 6.07) is 4.50. The van der Waals surface area contributed by atoms with Crippen LogP contribution >= 0.6 is 0 Å². The molecule has 0 saturated heterocycles. The summed E-state index contributed by atoms with van der Waals surface area (Å²) < 4.78 is 31.1. The quantitative estimate of drug-likeness (QED) is 0.756. The fourth-order valence-corrected chi connectivity index (χ4v) is 1.65. The van der Waals surface area contributed by atoms with Gasteiger partial charge in [0.1, 0.15) is 0 Å². The standard InChI is InChI=1S/C11H10F2N2O2/c1-15-8-5-6(11(16)17-2)3-4-7(8)14-10(15)9(12)13/h3-5,9H,1-2H3. The molecule has 4 nitrogen and oxygen atoms in total. The van der Waals surface area contributed by atoms with Gasteiger partial charge in [-0.15, -0.1) is 0 Å². The van der Waals surface area contributed by atoms with Crippen LogP contribution < -0.4 is 0 Å². The van der Waals surface area contributed by atoms with Gasteiger partial charge in [0.25, 0.3) is 6.43 Å². The van der Waals surface area contributed by atoms with Gasteiger partial charge in [-0.25, -0.2) is 18.6 Å². The Balaban J connectivity index is 2.61. The number of esters is 1. The van der Waals surface area contributed by atoms with Crippen LogP contribution in [0.15, 0.2) is 18.2 Å². The number of benzene rings is 1. The summed E-state index contributed by atoms with van der Waals surface area (Å²) in [4.78, 5) is 15.1. The van der Waals surface area contributed by atoms with Crippen molar-refractivity contribution >= 4 is 17.0 Å². The molecule has 0 bridgehead atoms. The molecule has 6 heteroatoms. The number of aryl methyl sites for hydroxylation is 1. The van der Waals surface area contributed by atoms with Crippen LogP contribution in [0, 0.1) is 0 Å². The number of ether oxygens (including phenoxy) is 1. The lowest BCUT2D eigenvalue weighted by Crippen LogP contribution is -2.01. The van der Waals surface area contributed by atoms with E-state index in [9.17, 15) is 13.6 Å².